The van der Waals surface area contributed by atoms with Crippen LogP contribution in [0.2, 0.25) is 0 Å². The number of ether oxygens (including phenoxy) is 1. The number of anilines is 2. The summed E-state index contributed by atoms with van der Waals surface area (Å²) in [5.41, 5.74) is 7.74. The molecule has 136 valence electrons. The average Bonchev–Trinajstić information content (AvgIpc) is 3.23. The van der Waals surface area contributed by atoms with E-state index in [2.05, 4.69) is 25.8 Å². The minimum Gasteiger partial charge on any atom is -0.394 e. The summed E-state index contributed by atoms with van der Waals surface area (Å²) in [6, 6.07) is 9.50. The van der Waals surface area contributed by atoms with Crippen molar-refractivity contribution in [2.75, 3.05) is 17.5 Å². The summed E-state index contributed by atoms with van der Waals surface area (Å²) in [5, 5.41) is 29.4. The fraction of sp³-hybridized carbons (Fsp3) is 0.312. The zero-order valence-corrected chi connectivity index (χ0v) is 13.6. The molecule has 10 heteroatoms. The van der Waals surface area contributed by atoms with Gasteiger partial charge in [0, 0.05) is 0 Å². The number of imidazole rings is 1. The largest absolute Gasteiger partial charge is 0.394 e. The molecule has 1 fully saturated rings. The summed E-state index contributed by atoms with van der Waals surface area (Å²) in [4.78, 5) is 12.7. The normalized spacial score (nSPS) is 25.5. The lowest BCUT2D eigenvalue weighted by Crippen LogP contribution is -2.33. The van der Waals surface area contributed by atoms with Gasteiger partial charge in [0.25, 0.3) is 0 Å². The third kappa shape index (κ3) is 2.84. The first-order valence-corrected chi connectivity index (χ1v) is 8.06. The molecule has 0 saturated carbocycles. The van der Waals surface area contributed by atoms with Gasteiger partial charge in [-0.3, -0.25) is 15.4 Å². The molecule has 5 N–H and O–H groups in total. The van der Waals surface area contributed by atoms with Crippen LogP contribution in [0, 0.1) is 0 Å². The van der Waals surface area contributed by atoms with E-state index in [1.54, 1.807) is 0 Å². The van der Waals surface area contributed by atoms with Crippen LogP contribution >= 0.6 is 0 Å². The molecule has 1 saturated heterocycles. The Morgan fingerprint density at radius 1 is 1.04 bits per heavy atom. The Kier molecular flexibility index (Phi) is 4.39. The van der Waals surface area contributed by atoms with Crippen LogP contribution in [0.3, 0.4) is 0 Å². The molecule has 0 spiro atoms. The van der Waals surface area contributed by atoms with Gasteiger partial charge in [-0.25, -0.2) is 15.0 Å². The molecule has 10 nitrogen and oxygen atoms in total. The number of hydrogen-bond acceptors (Lipinski definition) is 9. The molecule has 2 aromatic heterocycles. The van der Waals surface area contributed by atoms with Crippen LogP contribution in [-0.2, 0) is 4.74 Å². The van der Waals surface area contributed by atoms with Gasteiger partial charge in [-0.2, -0.15) is 0 Å². The molecular formula is C16H18N6O4. The van der Waals surface area contributed by atoms with Gasteiger partial charge in [0.2, 0.25) is 0 Å². The maximum Gasteiger partial charge on any atom is 0.176 e. The standard InChI is InChI=1S/C16H18N6O4/c23-6-10-12(24)13(25)16(26-10)22-8-19-11-14(17-7-18-15(11)22)21-20-9-4-2-1-3-5-9/h1-5,7-8,10,12-13,16,20,23-25H,6H2,(H,17,18,21)/t10-,12?,13+,16-/m1/s1. The van der Waals surface area contributed by atoms with Crippen LogP contribution in [0.1, 0.15) is 6.23 Å². The van der Waals surface area contributed by atoms with Gasteiger partial charge < -0.3 is 20.1 Å². The predicted octanol–water partition coefficient (Wildman–Crippen LogP) is -0.123. The molecule has 26 heavy (non-hydrogen) atoms. The highest BCUT2D eigenvalue weighted by molar-refractivity contribution is 5.83. The lowest BCUT2D eigenvalue weighted by molar-refractivity contribution is -0.0511. The van der Waals surface area contributed by atoms with E-state index in [1.165, 1.54) is 17.2 Å². The number of para-hydroxylation sites is 1. The molecule has 1 aliphatic heterocycles. The van der Waals surface area contributed by atoms with Crippen molar-refractivity contribution in [3.8, 4) is 0 Å². The first-order chi connectivity index (χ1) is 12.7. The average molecular weight is 358 g/mol. The molecule has 0 amide bonds. The number of hydrogen-bond donors (Lipinski definition) is 5. The van der Waals surface area contributed by atoms with Crippen molar-refractivity contribution in [3.05, 3.63) is 43.0 Å². The van der Waals surface area contributed by atoms with Crippen LogP contribution in [0.25, 0.3) is 11.2 Å². The minimum atomic E-state index is -1.21. The van der Waals surface area contributed by atoms with Crippen LogP contribution in [0.15, 0.2) is 43.0 Å². The van der Waals surface area contributed by atoms with Crippen molar-refractivity contribution >= 4 is 22.7 Å². The van der Waals surface area contributed by atoms with Crippen LogP contribution in [0.5, 0.6) is 0 Å². The van der Waals surface area contributed by atoms with Gasteiger partial charge in [-0.15, -0.1) is 0 Å². The SMILES string of the molecule is OC[C@H]1O[C@@H](n2cnc3c(NNc4ccccc4)ncnc32)[C@@H](O)C1O. The summed E-state index contributed by atoms with van der Waals surface area (Å²) in [6.07, 6.45) is -1.37. The first-order valence-electron chi connectivity index (χ1n) is 8.06. The molecule has 0 aliphatic carbocycles. The van der Waals surface area contributed by atoms with Gasteiger partial charge in [0.1, 0.15) is 24.6 Å². The highest BCUT2D eigenvalue weighted by Crippen LogP contribution is 2.32. The minimum absolute atomic E-state index is 0.399. The number of fused-ring (bicyclic) bond motifs is 1. The second-order valence-electron chi connectivity index (χ2n) is 5.89. The second-order valence-corrected chi connectivity index (χ2v) is 5.89. The second kappa shape index (κ2) is 6.84. The van der Waals surface area contributed by atoms with E-state index >= 15 is 0 Å². The zero-order valence-electron chi connectivity index (χ0n) is 13.6. The zero-order chi connectivity index (χ0) is 18.1. The molecule has 3 aromatic rings. The Hall–Kier alpha value is -2.79. The lowest BCUT2D eigenvalue weighted by Gasteiger charge is -2.16. The number of hydrazine groups is 1. The van der Waals surface area contributed by atoms with Gasteiger partial charge >= 0.3 is 0 Å². The third-order valence-corrected chi connectivity index (χ3v) is 4.25. The highest BCUT2D eigenvalue weighted by Gasteiger charge is 2.44. The molecular weight excluding hydrogens is 340 g/mol. The molecule has 1 aromatic carbocycles. The molecule has 0 radical (unpaired) electrons. The van der Waals surface area contributed by atoms with Gasteiger partial charge in [-0.1, -0.05) is 18.2 Å². The van der Waals surface area contributed by atoms with Crippen LogP contribution in [0.4, 0.5) is 11.5 Å². The maximum absolute atomic E-state index is 10.2. The van der Waals surface area contributed by atoms with Crippen molar-refractivity contribution in [2.45, 2.75) is 24.5 Å². The Morgan fingerprint density at radius 2 is 1.85 bits per heavy atom. The molecule has 1 aliphatic rings. The molecule has 1 unspecified atom stereocenters. The number of nitrogens with one attached hydrogen (secondary N) is 2. The summed E-state index contributed by atoms with van der Waals surface area (Å²) >= 11 is 0. The topological polar surface area (TPSA) is 138 Å². The Balaban J connectivity index is 1.61. The van der Waals surface area contributed by atoms with E-state index in [9.17, 15) is 15.3 Å². The Bertz CT molecular complexity index is 889. The van der Waals surface area contributed by atoms with E-state index in [1.807, 2.05) is 30.3 Å². The number of aromatic nitrogens is 4. The lowest BCUT2D eigenvalue weighted by atomic mass is 10.1. The van der Waals surface area contributed by atoms with Crippen LogP contribution < -0.4 is 10.9 Å². The van der Waals surface area contributed by atoms with E-state index in [0.717, 1.165) is 5.69 Å². The summed E-state index contributed by atoms with van der Waals surface area (Å²) in [6.45, 7) is -0.399. The maximum atomic E-state index is 10.2. The fourth-order valence-corrected chi connectivity index (χ4v) is 2.89. The summed E-state index contributed by atoms with van der Waals surface area (Å²) < 4.78 is 7.04. The first kappa shape index (κ1) is 16.7. The predicted molar refractivity (Wildman–Crippen MR) is 92.0 cm³/mol. The number of aliphatic hydroxyl groups excluding tert-OH is 3. The molecule has 3 heterocycles. The van der Waals surface area contributed by atoms with E-state index in [0.29, 0.717) is 17.0 Å². The number of aliphatic hydroxyl groups is 3. The number of rotatable bonds is 5. The van der Waals surface area contributed by atoms with Crippen molar-refractivity contribution in [3.63, 3.8) is 0 Å². The molecule has 4 rings (SSSR count). The van der Waals surface area contributed by atoms with E-state index < -0.39 is 31.1 Å². The number of benzene rings is 1. The van der Waals surface area contributed by atoms with Gasteiger partial charge in [-0.05, 0) is 12.1 Å². The smallest absolute Gasteiger partial charge is 0.176 e. The van der Waals surface area contributed by atoms with E-state index in [4.69, 9.17) is 4.74 Å². The fourth-order valence-electron chi connectivity index (χ4n) is 2.89. The van der Waals surface area contributed by atoms with Gasteiger partial charge in [0.15, 0.2) is 23.2 Å². The van der Waals surface area contributed by atoms with Crippen molar-refractivity contribution < 1.29 is 20.1 Å². The van der Waals surface area contributed by atoms with Crippen molar-refractivity contribution in [1.29, 1.82) is 0 Å². The van der Waals surface area contributed by atoms with E-state index in [-0.39, 0.29) is 0 Å². The molecule has 4 atom stereocenters. The Labute approximate surface area is 148 Å². The summed E-state index contributed by atoms with van der Waals surface area (Å²) in [5.74, 6) is 0.448. The third-order valence-electron chi connectivity index (χ3n) is 4.25. The summed E-state index contributed by atoms with van der Waals surface area (Å²) in [7, 11) is 0. The highest BCUT2D eigenvalue weighted by atomic mass is 16.6. The van der Waals surface area contributed by atoms with Crippen LogP contribution in [-0.4, -0.2) is 59.8 Å². The molecule has 0 bridgehead atoms. The van der Waals surface area contributed by atoms with Crippen molar-refractivity contribution in [2.24, 2.45) is 0 Å². The quantitative estimate of drug-likeness (QED) is 0.395. The van der Waals surface area contributed by atoms with Gasteiger partial charge in [0.05, 0.1) is 18.6 Å². The number of nitrogens with zero attached hydrogens (tertiary/aromatic N) is 4. The monoisotopic (exact) mass is 358 g/mol. The van der Waals surface area contributed by atoms with Crippen molar-refractivity contribution in [1.82, 2.24) is 19.5 Å². The Morgan fingerprint density at radius 3 is 2.58 bits per heavy atom.